The number of anilines is 3. The summed E-state index contributed by atoms with van der Waals surface area (Å²) in [5.41, 5.74) is 5.72. The fourth-order valence-electron chi connectivity index (χ4n) is 5.77. The fraction of sp³-hybridized carbons (Fsp3) is 0.310. The third-order valence-electron chi connectivity index (χ3n) is 7.64. The molecule has 10 nitrogen and oxygen atoms in total. The summed E-state index contributed by atoms with van der Waals surface area (Å²) in [6.45, 7) is 6.79. The molecule has 0 unspecified atom stereocenters. The minimum absolute atomic E-state index is 0.199. The molecule has 0 aliphatic carbocycles. The third kappa shape index (κ3) is 4.66. The molecule has 2 fully saturated rings. The number of fused-ring (bicyclic) bond motifs is 3. The maximum Gasteiger partial charge on any atom is 0.227 e. The van der Waals surface area contributed by atoms with Gasteiger partial charge in [0, 0.05) is 85.5 Å². The predicted octanol–water partition coefficient (Wildman–Crippen LogP) is 4.22. The number of hydrogen-bond acceptors (Lipinski definition) is 11. The number of nitrogens with one attached hydrogen (secondary N) is 1. The first-order chi connectivity index (χ1) is 19.5. The number of aryl methyl sites for hydroxylation is 2. The highest BCUT2D eigenvalue weighted by Crippen LogP contribution is 2.35. The van der Waals surface area contributed by atoms with Crippen LogP contribution in [0.2, 0.25) is 0 Å². The van der Waals surface area contributed by atoms with E-state index >= 15 is 0 Å². The molecule has 0 aromatic carbocycles. The van der Waals surface area contributed by atoms with E-state index in [1.165, 1.54) is 0 Å². The molecule has 0 saturated carbocycles. The van der Waals surface area contributed by atoms with E-state index in [1.54, 1.807) is 17.5 Å². The molecular formula is C29H29N9OS. The van der Waals surface area contributed by atoms with Crippen LogP contribution in [0.4, 0.5) is 17.6 Å². The van der Waals surface area contributed by atoms with Crippen molar-refractivity contribution in [3.8, 4) is 21.8 Å². The number of piperazine rings is 1. The van der Waals surface area contributed by atoms with Crippen LogP contribution >= 0.6 is 11.3 Å². The normalized spacial score (nSPS) is 18.6. The number of hydrogen-bond donors (Lipinski definition) is 2. The van der Waals surface area contributed by atoms with Gasteiger partial charge < -0.3 is 15.3 Å². The van der Waals surface area contributed by atoms with Crippen molar-refractivity contribution in [2.24, 2.45) is 0 Å². The van der Waals surface area contributed by atoms with E-state index in [1.807, 2.05) is 43.7 Å². The first-order valence-corrected chi connectivity index (χ1v) is 14.2. The van der Waals surface area contributed by atoms with E-state index in [4.69, 9.17) is 15.0 Å². The summed E-state index contributed by atoms with van der Waals surface area (Å²) in [6.07, 6.45) is 8.42. The van der Waals surface area contributed by atoms with Gasteiger partial charge in [0.25, 0.3) is 0 Å². The summed E-state index contributed by atoms with van der Waals surface area (Å²) in [6, 6.07) is 10.8. The minimum atomic E-state index is 0.199. The quantitative estimate of drug-likeness (QED) is 0.305. The lowest BCUT2D eigenvalue weighted by molar-refractivity contribution is 0.176. The van der Waals surface area contributed by atoms with E-state index in [9.17, 15) is 5.11 Å². The zero-order valence-electron chi connectivity index (χ0n) is 22.3. The standard InChI is InChI=1S/C29H29N9OS/c1-17-4-3-5-31-27(17)19-9-20(13-30-12-19)28-34-23-11-25(32-14-24(23)40-28)35-26-8-18(2)33-29(36-26)38-16-21-10-22(38)15-37(21)6-7-39/h3-5,8-9,11-14,21-22,39H,6-7,10,15-16H2,1-2H3,(H,32,33,35,36)/t21-,22-/m0/s1. The van der Waals surface area contributed by atoms with Gasteiger partial charge in [0.2, 0.25) is 5.95 Å². The van der Waals surface area contributed by atoms with Crippen LogP contribution in [0.5, 0.6) is 0 Å². The highest BCUT2D eigenvalue weighted by Gasteiger charge is 2.44. The van der Waals surface area contributed by atoms with Crippen molar-refractivity contribution in [3.05, 3.63) is 66.4 Å². The van der Waals surface area contributed by atoms with E-state index < -0.39 is 0 Å². The van der Waals surface area contributed by atoms with Crippen molar-refractivity contribution in [2.75, 3.05) is 36.5 Å². The van der Waals surface area contributed by atoms with Crippen LogP contribution in [0, 0.1) is 13.8 Å². The molecule has 7 heterocycles. The number of likely N-dealkylation sites (tertiary alicyclic amines) is 1. The zero-order chi connectivity index (χ0) is 27.2. The Bertz CT molecular complexity index is 1710. The number of aliphatic hydroxyl groups is 1. The van der Waals surface area contributed by atoms with Crippen LogP contribution in [-0.2, 0) is 0 Å². The summed E-state index contributed by atoms with van der Waals surface area (Å²) >= 11 is 1.59. The molecule has 2 N–H and O–H groups in total. The van der Waals surface area contributed by atoms with Crippen molar-refractivity contribution in [1.29, 1.82) is 0 Å². The summed E-state index contributed by atoms with van der Waals surface area (Å²) in [5, 5.41) is 13.6. The van der Waals surface area contributed by atoms with Crippen LogP contribution in [0.15, 0.2) is 55.1 Å². The van der Waals surface area contributed by atoms with Crippen LogP contribution in [0.25, 0.3) is 32.0 Å². The number of β-amino-alcohol motifs (C(OH)–C–C–N with tert-alkyl or cyclic N) is 1. The van der Waals surface area contributed by atoms with E-state index in [2.05, 4.69) is 49.1 Å². The van der Waals surface area contributed by atoms with Gasteiger partial charge in [-0.05, 0) is 38.0 Å². The largest absolute Gasteiger partial charge is 0.395 e. The Morgan fingerprint density at radius 3 is 2.70 bits per heavy atom. The maximum absolute atomic E-state index is 9.34. The molecule has 11 heteroatoms. The van der Waals surface area contributed by atoms with Crippen molar-refractivity contribution in [3.63, 3.8) is 0 Å². The Hall–Kier alpha value is -4.06. The smallest absolute Gasteiger partial charge is 0.227 e. The van der Waals surface area contributed by atoms with Gasteiger partial charge in [-0.25, -0.2) is 15.0 Å². The third-order valence-corrected chi connectivity index (χ3v) is 8.69. The number of thiazole rings is 1. The van der Waals surface area contributed by atoms with Gasteiger partial charge in [0.15, 0.2) is 0 Å². The van der Waals surface area contributed by atoms with E-state index in [0.29, 0.717) is 23.7 Å². The molecular weight excluding hydrogens is 522 g/mol. The number of rotatable bonds is 7. The SMILES string of the molecule is Cc1cc(Nc2cc3nc(-c4cncc(-c5ncccc5C)c4)sc3cn2)nc(N2C[C@@H]3C[C@H]2CN3CCO)n1. The second-order valence-electron chi connectivity index (χ2n) is 10.4. The molecule has 2 aliphatic heterocycles. The number of aliphatic hydroxyl groups excluding tert-OH is 1. The lowest BCUT2D eigenvalue weighted by Gasteiger charge is -2.34. The van der Waals surface area contributed by atoms with Gasteiger partial charge in [-0.2, -0.15) is 4.98 Å². The summed E-state index contributed by atoms with van der Waals surface area (Å²) < 4.78 is 1.00. The molecule has 2 atom stereocenters. The van der Waals surface area contributed by atoms with Gasteiger partial charge in [0.05, 0.1) is 22.5 Å². The van der Waals surface area contributed by atoms with Crippen LogP contribution in [-0.4, -0.2) is 78.2 Å². The van der Waals surface area contributed by atoms with Gasteiger partial charge in [0.1, 0.15) is 16.6 Å². The van der Waals surface area contributed by atoms with Crippen molar-refractivity contribution in [2.45, 2.75) is 32.4 Å². The van der Waals surface area contributed by atoms with Gasteiger partial charge in [-0.3, -0.25) is 14.9 Å². The molecule has 5 aromatic heterocycles. The first-order valence-electron chi connectivity index (χ1n) is 13.4. The monoisotopic (exact) mass is 551 g/mol. The Balaban J connectivity index is 1.12. The Morgan fingerprint density at radius 2 is 1.88 bits per heavy atom. The average Bonchev–Trinajstić information content (AvgIpc) is 3.68. The minimum Gasteiger partial charge on any atom is -0.395 e. The lowest BCUT2D eigenvalue weighted by atomic mass is 10.1. The molecule has 2 bridgehead atoms. The molecule has 2 saturated heterocycles. The molecule has 5 aromatic rings. The predicted molar refractivity (Wildman–Crippen MR) is 157 cm³/mol. The first kappa shape index (κ1) is 24.9. The Kier molecular flexibility index (Phi) is 6.34. The maximum atomic E-state index is 9.34. The molecule has 7 rings (SSSR count). The number of nitrogens with zero attached hydrogens (tertiary/aromatic N) is 8. The number of pyridine rings is 3. The lowest BCUT2D eigenvalue weighted by Crippen LogP contribution is -2.47. The van der Waals surface area contributed by atoms with Gasteiger partial charge in [-0.1, -0.05) is 6.07 Å². The van der Waals surface area contributed by atoms with Gasteiger partial charge in [-0.15, -0.1) is 11.3 Å². The zero-order valence-corrected chi connectivity index (χ0v) is 23.1. The molecule has 0 spiro atoms. The molecule has 2 aliphatic rings. The van der Waals surface area contributed by atoms with Crippen molar-refractivity contribution in [1.82, 2.24) is 34.8 Å². The molecule has 202 valence electrons. The van der Waals surface area contributed by atoms with Crippen molar-refractivity contribution >= 4 is 39.1 Å². The average molecular weight is 552 g/mol. The molecule has 0 amide bonds. The topological polar surface area (TPSA) is 116 Å². The summed E-state index contributed by atoms with van der Waals surface area (Å²) in [5.74, 6) is 2.13. The molecule has 40 heavy (non-hydrogen) atoms. The Labute approximate surface area is 235 Å². The highest BCUT2D eigenvalue weighted by atomic mass is 32.1. The Morgan fingerprint density at radius 1 is 0.975 bits per heavy atom. The highest BCUT2D eigenvalue weighted by molar-refractivity contribution is 7.21. The second kappa shape index (κ2) is 10.2. The number of aromatic nitrogens is 6. The van der Waals surface area contributed by atoms with Gasteiger partial charge >= 0.3 is 0 Å². The summed E-state index contributed by atoms with van der Waals surface area (Å²) in [7, 11) is 0. The van der Waals surface area contributed by atoms with Crippen LogP contribution in [0.3, 0.4) is 0 Å². The van der Waals surface area contributed by atoms with Crippen molar-refractivity contribution < 1.29 is 5.11 Å². The fourth-order valence-corrected chi connectivity index (χ4v) is 6.67. The van der Waals surface area contributed by atoms with E-state index in [-0.39, 0.29) is 6.61 Å². The molecule has 0 radical (unpaired) electrons. The van der Waals surface area contributed by atoms with Crippen LogP contribution in [0.1, 0.15) is 17.7 Å². The summed E-state index contributed by atoms with van der Waals surface area (Å²) in [4.78, 5) is 32.8. The second-order valence-corrected chi connectivity index (χ2v) is 11.5. The van der Waals surface area contributed by atoms with Crippen LogP contribution < -0.4 is 10.2 Å². The van der Waals surface area contributed by atoms with E-state index in [0.717, 1.165) is 75.3 Å².